The van der Waals surface area contributed by atoms with Crippen LogP contribution in [0.3, 0.4) is 0 Å². The van der Waals surface area contributed by atoms with E-state index in [2.05, 4.69) is 9.62 Å². The van der Waals surface area contributed by atoms with Gasteiger partial charge in [0.25, 0.3) is 0 Å². The summed E-state index contributed by atoms with van der Waals surface area (Å²) in [5, 5.41) is 7.77. The Balaban J connectivity index is 3.67. The summed E-state index contributed by atoms with van der Waals surface area (Å²) in [6, 6.07) is 0. The summed E-state index contributed by atoms with van der Waals surface area (Å²) in [5.41, 5.74) is 0. The highest BCUT2D eigenvalue weighted by atomic mass is 17.1. The lowest BCUT2D eigenvalue weighted by molar-refractivity contribution is -0.228. The van der Waals surface area contributed by atoms with Crippen LogP contribution in [0.25, 0.3) is 0 Å². The van der Waals surface area contributed by atoms with E-state index in [4.69, 9.17) is 5.26 Å². The molecule has 0 heterocycles. The smallest absolute Gasteiger partial charge is 0.365 e. The van der Waals surface area contributed by atoms with Gasteiger partial charge in [-0.15, -0.1) is 0 Å². The molecule has 0 bridgehead atoms. The van der Waals surface area contributed by atoms with Crippen LogP contribution >= 0.6 is 0 Å². The quantitative estimate of drug-likeness (QED) is 0.291. The molecular formula is C7H10O5. The molecule has 0 aromatic heterocycles. The zero-order valence-corrected chi connectivity index (χ0v) is 6.65. The fourth-order valence-electron chi connectivity index (χ4n) is 0.417. The van der Waals surface area contributed by atoms with Crippen molar-refractivity contribution in [1.82, 2.24) is 0 Å². The van der Waals surface area contributed by atoms with E-state index in [0.717, 1.165) is 12.2 Å². The molecule has 0 aromatic rings. The van der Waals surface area contributed by atoms with Gasteiger partial charge in [-0.1, -0.05) is 6.92 Å². The van der Waals surface area contributed by atoms with Gasteiger partial charge < -0.3 is 4.74 Å². The average Bonchev–Trinajstić information content (AvgIpc) is 2.10. The first-order valence-corrected chi connectivity index (χ1v) is 3.41. The minimum absolute atomic E-state index is 0.303. The number of rotatable bonds is 4. The van der Waals surface area contributed by atoms with E-state index in [1.807, 2.05) is 6.92 Å². The maximum absolute atomic E-state index is 10.6. The van der Waals surface area contributed by atoms with Crippen LogP contribution < -0.4 is 0 Å². The van der Waals surface area contributed by atoms with Crippen LogP contribution in [-0.2, 0) is 19.2 Å². The largest absolute Gasteiger partial charge is 0.463 e. The summed E-state index contributed by atoms with van der Waals surface area (Å²) in [4.78, 5) is 24.1. The number of hydrogen-bond donors (Lipinski definition) is 1. The van der Waals surface area contributed by atoms with Crippen molar-refractivity contribution in [3.63, 3.8) is 0 Å². The molecule has 0 saturated carbocycles. The van der Waals surface area contributed by atoms with Gasteiger partial charge in [0.1, 0.15) is 0 Å². The molecule has 0 fully saturated rings. The predicted molar refractivity (Wildman–Crippen MR) is 39.1 cm³/mol. The Morgan fingerprint density at radius 2 is 1.92 bits per heavy atom. The number of hydrogen-bond acceptors (Lipinski definition) is 5. The third kappa shape index (κ3) is 5.43. The van der Waals surface area contributed by atoms with E-state index in [0.29, 0.717) is 13.0 Å². The van der Waals surface area contributed by atoms with Crippen molar-refractivity contribution in [3.8, 4) is 0 Å². The Hall–Kier alpha value is -1.36. The summed E-state index contributed by atoms with van der Waals surface area (Å²) < 4.78 is 4.57. The standard InChI is InChI=1S/C7H10O5/c1-2-5-11-6(8)3-4-7(9)12-10/h3-4,10H,2,5H2,1H3/b4-3-. The van der Waals surface area contributed by atoms with Crippen molar-refractivity contribution < 1.29 is 24.5 Å². The molecule has 5 nitrogen and oxygen atoms in total. The zero-order valence-electron chi connectivity index (χ0n) is 6.65. The second-order valence-electron chi connectivity index (χ2n) is 1.91. The van der Waals surface area contributed by atoms with Crippen molar-refractivity contribution >= 4 is 11.9 Å². The first-order chi connectivity index (χ1) is 5.70. The van der Waals surface area contributed by atoms with E-state index in [-0.39, 0.29) is 0 Å². The minimum Gasteiger partial charge on any atom is -0.463 e. The minimum atomic E-state index is -1.01. The van der Waals surface area contributed by atoms with Crippen LogP contribution in [0.5, 0.6) is 0 Å². The molecule has 0 unspecified atom stereocenters. The van der Waals surface area contributed by atoms with Gasteiger partial charge >= 0.3 is 11.9 Å². The van der Waals surface area contributed by atoms with E-state index in [1.165, 1.54) is 0 Å². The summed E-state index contributed by atoms with van der Waals surface area (Å²) in [5.74, 6) is -1.65. The molecule has 1 N–H and O–H groups in total. The number of carbonyl (C=O) groups excluding carboxylic acids is 2. The van der Waals surface area contributed by atoms with Crippen molar-refractivity contribution in [2.45, 2.75) is 13.3 Å². The molecule has 0 aliphatic heterocycles. The van der Waals surface area contributed by atoms with Crippen LogP contribution in [0.4, 0.5) is 0 Å². The summed E-state index contributed by atoms with van der Waals surface area (Å²) in [6.07, 6.45) is 2.37. The molecule has 0 aliphatic rings. The van der Waals surface area contributed by atoms with Crippen LogP contribution in [0.1, 0.15) is 13.3 Å². The molecule has 0 spiro atoms. The number of esters is 1. The third-order valence-corrected chi connectivity index (χ3v) is 0.894. The molecule has 0 amide bonds. The lowest BCUT2D eigenvalue weighted by Crippen LogP contribution is -2.03. The van der Waals surface area contributed by atoms with Crippen molar-refractivity contribution in [3.05, 3.63) is 12.2 Å². The summed E-state index contributed by atoms with van der Waals surface area (Å²) in [6.45, 7) is 2.15. The van der Waals surface area contributed by atoms with Crippen LogP contribution in [0.2, 0.25) is 0 Å². The highest BCUT2D eigenvalue weighted by molar-refractivity contribution is 5.91. The monoisotopic (exact) mass is 174 g/mol. The number of carbonyl (C=O) groups is 2. The van der Waals surface area contributed by atoms with Crippen molar-refractivity contribution in [2.75, 3.05) is 6.61 Å². The van der Waals surface area contributed by atoms with Gasteiger partial charge in [-0.25, -0.2) is 9.59 Å². The summed E-state index contributed by atoms with van der Waals surface area (Å²) >= 11 is 0. The Morgan fingerprint density at radius 3 is 2.42 bits per heavy atom. The first kappa shape index (κ1) is 10.6. The highest BCUT2D eigenvalue weighted by Crippen LogP contribution is 1.85. The maximum atomic E-state index is 10.6. The molecule has 5 heteroatoms. The Morgan fingerprint density at radius 1 is 1.33 bits per heavy atom. The second-order valence-corrected chi connectivity index (χ2v) is 1.91. The Kier molecular flexibility index (Phi) is 5.64. The molecule has 0 aromatic carbocycles. The van der Waals surface area contributed by atoms with Gasteiger partial charge in [0.05, 0.1) is 6.61 Å². The Labute approximate surface area is 69.5 Å². The third-order valence-electron chi connectivity index (χ3n) is 0.894. The van der Waals surface area contributed by atoms with Gasteiger partial charge in [-0.05, 0) is 6.42 Å². The van der Waals surface area contributed by atoms with Crippen LogP contribution in [0, 0.1) is 0 Å². The lowest BCUT2D eigenvalue weighted by atomic mass is 10.5. The SMILES string of the molecule is CCCOC(=O)/C=C\C(=O)OO. The lowest BCUT2D eigenvalue weighted by Gasteiger charge is -1.96. The first-order valence-electron chi connectivity index (χ1n) is 3.41. The van der Waals surface area contributed by atoms with Crippen molar-refractivity contribution in [1.29, 1.82) is 0 Å². The predicted octanol–water partition coefficient (Wildman–Crippen LogP) is 0.512. The normalized spacial score (nSPS) is 9.83. The van der Waals surface area contributed by atoms with Gasteiger partial charge in [-0.2, -0.15) is 5.26 Å². The fraction of sp³-hybridized carbons (Fsp3) is 0.429. The molecule has 0 atom stereocenters. The topological polar surface area (TPSA) is 72.8 Å². The molecule has 0 radical (unpaired) electrons. The molecule has 0 rings (SSSR count). The molecule has 12 heavy (non-hydrogen) atoms. The number of ether oxygens (including phenoxy) is 1. The van der Waals surface area contributed by atoms with Gasteiger partial charge in [-0.3, -0.25) is 4.89 Å². The van der Waals surface area contributed by atoms with Crippen LogP contribution in [0.15, 0.2) is 12.2 Å². The van der Waals surface area contributed by atoms with Gasteiger partial charge in [0.15, 0.2) is 0 Å². The van der Waals surface area contributed by atoms with E-state index in [1.54, 1.807) is 0 Å². The highest BCUT2D eigenvalue weighted by Gasteiger charge is 1.98. The van der Waals surface area contributed by atoms with E-state index < -0.39 is 11.9 Å². The molecular weight excluding hydrogens is 164 g/mol. The van der Waals surface area contributed by atoms with Crippen molar-refractivity contribution in [2.24, 2.45) is 0 Å². The average molecular weight is 174 g/mol. The summed E-state index contributed by atoms with van der Waals surface area (Å²) in [7, 11) is 0. The van der Waals surface area contributed by atoms with Gasteiger partial charge in [0, 0.05) is 12.2 Å². The molecule has 0 saturated heterocycles. The Bertz CT molecular complexity index is 184. The molecule has 68 valence electrons. The zero-order chi connectivity index (χ0) is 9.40. The van der Waals surface area contributed by atoms with Crippen LogP contribution in [-0.4, -0.2) is 23.8 Å². The maximum Gasteiger partial charge on any atom is 0.365 e. The molecule has 0 aliphatic carbocycles. The van der Waals surface area contributed by atoms with Gasteiger partial charge in [0.2, 0.25) is 0 Å². The second kappa shape index (κ2) is 6.36. The van der Waals surface area contributed by atoms with E-state index in [9.17, 15) is 9.59 Å². The fourth-order valence-corrected chi connectivity index (χ4v) is 0.417. The van der Waals surface area contributed by atoms with E-state index >= 15 is 0 Å².